The van der Waals surface area contributed by atoms with Gasteiger partial charge in [-0.15, -0.1) is 0 Å². The number of carboxylic acids is 1. The highest BCUT2D eigenvalue weighted by Crippen LogP contribution is 2.44. The van der Waals surface area contributed by atoms with Gasteiger partial charge in [0.05, 0.1) is 0 Å². The second-order valence-corrected chi connectivity index (χ2v) is 9.30. The van der Waals surface area contributed by atoms with Crippen molar-refractivity contribution in [3.8, 4) is 11.1 Å². The molecule has 182 valence electrons. The topological polar surface area (TPSA) is 95.9 Å². The van der Waals surface area contributed by atoms with Crippen molar-refractivity contribution in [3.63, 3.8) is 0 Å². The van der Waals surface area contributed by atoms with Gasteiger partial charge in [0.1, 0.15) is 13.2 Å². The van der Waals surface area contributed by atoms with Gasteiger partial charge in [-0.3, -0.25) is 9.59 Å². The normalized spacial score (nSPS) is 13.0. The maximum atomic E-state index is 12.5. The van der Waals surface area contributed by atoms with Crippen molar-refractivity contribution >= 4 is 29.7 Å². The van der Waals surface area contributed by atoms with Crippen LogP contribution in [0, 0.1) is 0 Å². The maximum Gasteiger partial charge on any atom is 0.407 e. The molecule has 8 heteroatoms. The van der Waals surface area contributed by atoms with Crippen LogP contribution in [0.2, 0.25) is 0 Å². The van der Waals surface area contributed by atoms with Crippen LogP contribution in [0.15, 0.2) is 48.5 Å². The summed E-state index contributed by atoms with van der Waals surface area (Å²) in [5.41, 5.74) is 4.64. The van der Waals surface area contributed by atoms with Crippen LogP contribution in [0.4, 0.5) is 4.79 Å². The lowest BCUT2D eigenvalue weighted by atomic mass is 9.98. The Morgan fingerprint density at radius 2 is 1.71 bits per heavy atom. The van der Waals surface area contributed by atoms with E-state index < -0.39 is 12.1 Å². The standard InChI is InChI=1S/C26H32N2O5S/c1-3-18(12-13-24(29)28(14-15-34-2)16-25(30)31)27-26(32)33-17-23-21-10-6-4-8-19(21)20-9-5-7-11-22(20)23/h4-11,18,23H,3,12-17H2,1-2H3,(H,27,32)(H,30,31). The Bertz CT molecular complexity index is 967. The van der Waals surface area contributed by atoms with E-state index in [-0.39, 0.29) is 37.4 Å². The van der Waals surface area contributed by atoms with E-state index in [0.717, 1.165) is 11.1 Å². The number of carbonyl (C=O) groups excluding carboxylic acids is 2. The van der Waals surface area contributed by atoms with E-state index in [1.54, 1.807) is 11.8 Å². The van der Waals surface area contributed by atoms with Gasteiger partial charge in [0, 0.05) is 30.7 Å². The van der Waals surface area contributed by atoms with Crippen molar-refractivity contribution in [3.05, 3.63) is 59.7 Å². The molecule has 1 aliphatic rings. The Morgan fingerprint density at radius 3 is 2.26 bits per heavy atom. The molecule has 1 aliphatic carbocycles. The molecule has 2 amide bonds. The third-order valence-corrected chi connectivity index (χ3v) is 6.70. The Morgan fingerprint density at radius 1 is 1.09 bits per heavy atom. The minimum Gasteiger partial charge on any atom is -0.480 e. The average molecular weight is 485 g/mol. The Hall–Kier alpha value is -3.00. The summed E-state index contributed by atoms with van der Waals surface area (Å²) in [6.45, 7) is 2.25. The molecule has 2 N–H and O–H groups in total. The van der Waals surface area contributed by atoms with Crippen LogP contribution in [-0.2, 0) is 14.3 Å². The van der Waals surface area contributed by atoms with Crippen molar-refractivity contribution in [1.29, 1.82) is 0 Å². The summed E-state index contributed by atoms with van der Waals surface area (Å²) in [5.74, 6) is -0.586. The predicted molar refractivity (Wildman–Crippen MR) is 134 cm³/mol. The number of benzene rings is 2. The molecule has 2 aromatic carbocycles. The Balaban J connectivity index is 1.53. The molecule has 0 saturated heterocycles. The van der Waals surface area contributed by atoms with Crippen molar-refractivity contribution in [2.24, 2.45) is 0 Å². The minimum absolute atomic E-state index is 0.0131. The van der Waals surface area contributed by atoms with Crippen LogP contribution in [0.25, 0.3) is 11.1 Å². The summed E-state index contributed by atoms with van der Waals surface area (Å²) in [5, 5.41) is 11.9. The van der Waals surface area contributed by atoms with Crippen LogP contribution >= 0.6 is 11.8 Å². The van der Waals surface area contributed by atoms with Crippen molar-refractivity contribution in [2.75, 3.05) is 31.7 Å². The van der Waals surface area contributed by atoms with Crippen LogP contribution in [0.5, 0.6) is 0 Å². The summed E-state index contributed by atoms with van der Waals surface area (Å²) in [7, 11) is 0. The van der Waals surface area contributed by atoms with Crippen LogP contribution in [-0.4, -0.2) is 65.7 Å². The highest BCUT2D eigenvalue weighted by Gasteiger charge is 2.29. The van der Waals surface area contributed by atoms with Crippen molar-refractivity contribution in [1.82, 2.24) is 10.2 Å². The number of rotatable bonds is 12. The van der Waals surface area contributed by atoms with Gasteiger partial charge in [-0.25, -0.2) is 4.79 Å². The van der Waals surface area contributed by atoms with Gasteiger partial charge in [-0.1, -0.05) is 55.5 Å². The van der Waals surface area contributed by atoms with Gasteiger partial charge in [0.15, 0.2) is 0 Å². The lowest BCUT2D eigenvalue weighted by Crippen LogP contribution is -2.39. The van der Waals surface area contributed by atoms with Crippen LogP contribution in [0.3, 0.4) is 0 Å². The fraction of sp³-hybridized carbons (Fsp3) is 0.423. The molecule has 1 atom stereocenters. The number of carboxylic acid groups (broad SMARTS) is 1. The smallest absolute Gasteiger partial charge is 0.407 e. The van der Waals surface area contributed by atoms with Crippen molar-refractivity contribution in [2.45, 2.75) is 38.1 Å². The van der Waals surface area contributed by atoms with Gasteiger partial charge in [-0.2, -0.15) is 11.8 Å². The zero-order valence-corrected chi connectivity index (χ0v) is 20.5. The first-order valence-electron chi connectivity index (χ1n) is 11.5. The SMILES string of the molecule is CCC(CCC(=O)N(CCSC)CC(=O)O)NC(=O)OCC1c2ccccc2-c2ccccc21. The molecule has 0 radical (unpaired) electrons. The highest BCUT2D eigenvalue weighted by molar-refractivity contribution is 7.98. The lowest BCUT2D eigenvalue weighted by molar-refractivity contribution is -0.144. The first-order chi connectivity index (χ1) is 16.4. The van der Waals surface area contributed by atoms with E-state index >= 15 is 0 Å². The summed E-state index contributed by atoms with van der Waals surface area (Å²) in [6.07, 6.45) is 2.64. The molecule has 7 nitrogen and oxygen atoms in total. The van der Waals surface area contributed by atoms with E-state index in [9.17, 15) is 14.4 Å². The Kier molecular flexibility index (Phi) is 9.39. The average Bonchev–Trinajstić information content (AvgIpc) is 3.16. The number of hydrogen-bond donors (Lipinski definition) is 2. The number of thioether (sulfide) groups is 1. The Labute approximate surface area is 204 Å². The molecule has 0 fully saturated rings. The van der Waals surface area contributed by atoms with E-state index in [1.165, 1.54) is 16.0 Å². The third-order valence-electron chi connectivity index (χ3n) is 6.11. The second kappa shape index (κ2) is 12.5. The summed E-state index contributed by atoms with van der Waals surface area (Å²) in [6, 6.07) is 16.1. The lowest BCUT2D eigenvalue weighted by Gasteiger charge is -2.22. The summed E-state index contributed by atoms with van der Waals surface area (Å²) in [4.78, 5) is 37.5. The molecule has 1 unspecified atom stereocenters. The molecule has 0 bridgehead atoms. The van der Waals surface area contributed by atoms with E-state index in [2.05, 4.69) is 29.6 Å². The predicted octanol–water partition coefficient (Wildman–Crippen LogP) is 4.36. The zero-order chi connectivity index (χ0) is 24.5. The molecule has 2 aromatic rings. The number of nitrogens with one attached hydrogen (secondary N) is 1. The number of ether oxygens (including phenoxy) is 1. The molecule has 0 heterocycles. The fourth-order valence-electron chi connectivity index (χ4n) is 4.30. The summed E-state index contributed by atoms with van der Waals surface area (Å²) >= 11 is 1.56. The van der Waals surface area contributed by atoms with Gasteiger partial charge >= 0.3 is 12.1 Å². The van der Waals surface area contributed by atoms with Crippen LogP contribution in [0.1, 0.15) is 43.2 Å². The quantitative estimate of drug-likeness (QED) is 0.465. The van der Waals surface area contributed by atoms with E-state index in [0.29, 0.717) is 25.1 Å². The zero-order valence-electron chi connectivity index (χ0n) is 19.7. The minimum atomic E-state index is -1.03. The maximum absolute atomic E-state index is 12.5. The van der Waals surface area contributed by atoms with Crippen molar-refractivity contribution < 1.29 is 24.2 Å². The number of aliphatic carboxylic acids is 1. The number of hydrogen-bond acceptors (Lipinski definition) is 5. The molecule has 3 rings (SSSR count). The molecule has 0 saturated carbocycles. The van der Waals surface area contributed by atoms with Crippen LogP contribution < -0.4 is 5.32 Å². The van der Waals surface area contributed by atoms with Gasteiger partial charge in [0.2, 0.25) is 5.91 Å². The fourth-order valence-corrected chi connectivity index (χ4v) is 4.70. The molecular weight excluding hydrogens is 452 g/mol. The molecule has 0 spiro atoms. The van der Waals surface area contributed by atoms with Gasteiger partial charge in [-0.05, 0) is 41.4 Å². The number of amides is 2. The molecule has 34 heavy (non-hydrogen) atoms. The summed E-state index contributed by atoms with van der Waals surface area (Å²) < 4.78 is 5.61. The molecule has 0 aliphatic heterocycles. The second-order valence-electron chi connectivity index (χ2n) is 8.32. The third kappa shape index (κ3) is 6.53. The van der Waals surface area contributed by atoms with Gasteiger partial charge < -0.3 is 20.1 Å². The van der Waals surface area contributed by atoms with E-state index in [1.807, 2.05) is 37.4 Å². The number of carbonyl (C=O) groups is 3. The highest BCUT2D eigenvalue weighted by atomic mass is 32.2. The number of nitrogens with zero attached hydrogens (tertiary/aromatic N) is 1. The van der Waals surface area contributed by atoms with Gasteiger partial charge in [0.25, 0.3) is 0 Å². The molecule has 0 aromatic heterocycles. The van der Waals surface area contributed by atoms with E-state index in [4.69, 9.17) is 9.84 Å². The first-order valence-corrected chi connectivity index (χ1v) is 12.9. The first kappa shape index (κ1) is 25.6. The largest absolute Gasteiger partial charge is 0.480 e. The monoisotopic (exact) mass is 484 g/mol. The number of fused-ring (bicyclic) bond motifs is 3. The number of alkyl carbamates (subject to hydrolysis) is 1. The molecular formula is C26H32N2O5S.